The molecule has 1 amide bonds. The molecular formula is C14H14Cl2N2O3. The van der Waals surface area contributed by atoms with E-state index in [2.05, 4.69) is 5.32 Å². The molecule has 21 heavy (non-hydrogen) atoms. The monoisotopic (exact) mass is 328 g/mol. The quantitative estimate of drug-likeness (QED) is 0.659. The molecule has 0 heterocycles. The Kier molecular flexibility index (Phi) is 3.58. The van der Waals surface area contributed by atoms with Gasteiger partial charge in [-0.3, -0.25) is 14.9 Å². The molecule has 0 saturated heterocycles. The predicted octanol–water partition coefficient (Wildman–Crippen LogP) is 3.82. The lowest BCUT2D eigenvalue weighted by Gasteiger charge is -2.15. The van der Waals surface area contributed by atoms with E-state index in [1.807, 2.05) is 0 Å². The number of nitro benzene ring substituents is 1. The second-order valence-corrected chi connectivity index (χ2v) is 6.65. The Balaban J connectivity index is 1.73. The first-order valence-corrected chi connectivity index (χ1v) is 7.60. The van der Waals surface area contributed by atoms with Gasteiger partial charge in [-0.2, -0.15) is 0 Å². The number of hydrogen-bond acceptors (Lipinski definition) is 3. The maximum Gasteiger partial charge on any atom is 0.290 e. The second kappa shape index (κ2) is 5.14. The number of benzene rings is 1. The fourth-order valence-electron chi connectivity index (χ4n) is 2.78. The molecule has 0 radical (unpaired) electrons. The summed E-state index contributed by atoms with van der Waals surface area (Å²) in [5.74, 6) is 0.393. The van der Waals surface area contributed by atoms with E-state index in [0.29, 0.717) is 6.54 Å². The summed E-state index contributed by atoms with van der Waals surface area (Å²) in [4.78, 5) is 22.4. The van der Waals surface area contributed by atoms with Crippen molar-refractivity contribution >= 4 is 34.8 Å². The number of amides is 1. The molecule has 2 saturated carbocycles. The molecular weight excluding hydrogens is 315 g/mol. The van der Waals surface area contributed by atoms with Crippen LogP contribution >= 0.6 is 23.2 Å². The lowest BCUT2D eigenvalue weighted by molar-refractivity contribution is -0.384. The highest BCUT2D eigenvalue weighted by molar-refractivity contribution is 6.43. The van der Waals surface area contributed by atoms with Gasteiger partial charge in [0.15, 0.2) is 0 Å². The van der Waals surface area contributed by atoms with Crippen LogP contribution in [0.25, 0.3) is 0 Å². The average molecular weight is 329 g/mol. The maximum absolute atomic E-state index is 12.2. The van der Waals surface area contributed by atoms with Gasteiger partial charge in [0, 0.05) is 18.2 Å². The van der Waals surface area contributed by atoms with Crippen LogP contribution in [0, 0.1) is 21.4 Å². The topological polar surface area (TPSA) is 72.2 Å². The van der Waals surface area contributed by atoms with Crippen LogP contribution in [0.4, 0.5) is 5.69 Å². The molecule has 0 spiro atoms. The van der Waals surface area contributed by atoms with Crippen LogP contribution in [-0.2, 0) is 0 Å². The lowest BCUT2D eigenvalue weighted by Crippen LogP contribution is -2.31. The summed E-state index contributed by atoms with van der Waals surface area (Å²) < 4.78 is 0. The number of rotatable bonds is 5. The van der Waals surface area contributed by atoms with Gasteiger partial charge in [0.25, 0.3) is 11.6 Å². The predicted molar refractivity (Wildman–Crippen MR) is 79.8 cm³/mol. The fraction of sp³-hybridized carbons (Fsp3) is 0.500. The molecule has 2 aliphatic rings. The van der Waals surface area contributed by atoms with Crippen LogP contribution in [-0.4, -0.2) is 17.4 Å². The lowest BCUT2D eigenvalue weighted by atomic mass is 10.0. The molecule has 0 aliphatic heterocycles. The number of hydrogen-bond donors (Lipinski definition) is 1. The van der Waals surface area contributed by atoms with Gasteiger partial charge in [-0.25, -0.2) is 0 Å². The second-order valence-electron chi connectivity index (χ2n) is 5.87. The third kappa shape index (κ3) is 2.85. The summed E-state index contributed by atoms with van der Waals surface area (Å²) in [5, 5.41) is 13.6. The third-order valence-corrected chi connectivity index (χ3v) is 5.20. The highest BCUT2D eigenvalue weighted by Crippen LogP contribution is 2.60. The summed E-state index contributed by atoms with van der Waals surface area (Å²) in [5.41, 5.74) is 0.0954. The summed E-state index contributed by atoms with van der Waals surface area (Å²) in [6, 6.07) is 2.53. The Morgan fingerprint density at radius 3 is 2.57 bits per heavy atom. The van der Waals surface area contributed by atoms with Crippen molar-refractivity contribution in [3.63, 3.8) is 0 Å². The van der Waals surface area contributed by atoms with Gasteiger partial charge < -0.3 is 5.32 Å². The average Bonchev–Trinajstić information content (AvgIpc) is 3.30. The normalized spacial score (nSPS) is 19.1. The minimum atomic E-state index is -0.641. The molecule has 0 aromatic heterocycles. The van der Waals surface area contributed by atoms with Gasteiger partial charge in [-0.05, 0) is 43.1 Å². The highest BCUT2D eigenvalue weighted by Gasteiger charge is 2.53. The molecule has 1 N–H and O–H groups in total. The van der Waals surface area contributed by atoms with Crippen LogP contribution in [0.2, 0.25) is 10.0 Å². The number of halogens is 2. The van der Waals surface area contributed by atoms with Crippen LogP contribution in [0.15, 0.2) is 12.1 Å². The molecule has 112 valence electrons. The molecule has 5 nitrogen and oxygen atoms in total. The first-order chi connectivity index (χ1) is 9.93. The molecule has 3 rings (SSSR count). The maximum atomic E-state index is 12.2. The van der Waals surface area contributed by atoms with Crippen molar-refractivity contribution < 1.29 is 9.72 Å². The van der Waals surface area contributed by atoms with Crippen molar-refractivity contribution in [2.45, 2.75) is 25.7 Å². The van der Waals surface area contributed by atoms with Gasteiger partial charge in [0.05, 0.1) is 9.95 Å². The van der Waals surface area contributed by atoms with Crippen molar-refractivity contribution in [1.82, 2.24) is 5.32 Å². The SMILES string of the molecule is O=C(NCC1(C2CC2)CC1)c1cc(Cl)c(Cl)c([N+](=O)[O-])c1. The fourth-order valence-corrected chi connectivity index (χ4v) is 3.17. The number of nitrogens with zero attached hydrogens (tertiary/aromatic N) is 1. The van der Waals surface area contributed by atoms with E-state index >= 15 is 0 Å². The molecule has 0 bridgehead atoms. The van der Waals surface area contributed by atoms with Crippen LogP contribution in [0.5, 0.6) is 0 Å². The Morgan fingerprint density at radius 1 is 1.38 bits per heavy atom. The number of carbonyl (C=O) groups excluding carboxylic acids is 1. The van der Waals surface area contributed by atoms with Crippen molar-refractivity contribution in [3.8, 4) is 0 Å². The molecule has 2 aliphatic carbocycles. The summed E-state index contributed by atoms with van der Waals surface area (Å²) in [6.07, 6.45) is 4.79. The van der Waals surface area contributed by atoms with Gasteiger partial charge in [-0.15, -0.1) is 0 Å². The Labute approximate surface area is 131 Å². The zero-order valence-electron chi connectivity index (χ0n) is 11.2. The molecule has 0 atom stereocenters. The van der Waals surface area contributed by atoms with Gasteiger partial charge in [-0.1, -0.05) is 23.2 Å². The number of nitro groups is 1. The molecule has 2 fully saturated rings. The highest BCUT2D eigenvalue weighted by atomic mass is 35.5. The minimum Gasteiger partial charge on any atom is -0.351 e. The first-order valence-electron chi connectivity index (χ1n) is 6.84. The Hall–Kier alpha value is -1.33. The molecule has 7 heteroatoms. The third-order valence-electron chi connectivity index (χ3n) is 4.40. The summed E-state index contributed by atoms with van der Waals surface area (Å²) in [7, 11) is 0. The van der Waals surface area contributed by atoms with Gasteiger partial charge in [0.1, 0.15) is 5.02 Å². The minimum absolute atomic E-state index is 0.0133. The summed E-state index contributed by atoms with van der Waals surface area (Å²) in [6.45, 7) is 0.630. The van der Waals surface area contributed by atoms with Crippen molar-refractivity contribution in [2.75, 3.05) is 6.54 Å². The Bertz CT molecular complexity index is 625. The van der Waals surface area contributed by atoms with Crippen molar-refractivity contribution in [3.05, 3.63) is 37.9 Å². The van der Waals surface area contributed by atoms with E-state index in [0.717, 1.165) is 18.8 Å². The molecule has 1 aromatic rings. The molecule has 1 aromatic carbocycles. The zero-order chi connectivity index (χ0) is 15.2. The van der Waals surface area contributed by atoms with Crippen LogP contribution < -0.4 is 5.32 Å². The number of nitrogens with one attached hydrogen (secondary N) is 1. The molecule has 0 unspecified atom stereocenters. The van der Waals surface area contributed by atoms with E-state index in [1.165, 1.54) is 25.0 Å². The van der Waals surface area contributed by atoms with E-state index in [-0.39, 0.29) is 32.6 Å². The first kappa shape index (κ1) is 14.6. The van der Waals surface area contributed by atoms with E-state index in [1.54, 1.807) is 0 Å². The largest absolute Gasteiger partial charge is 0.351 e. The van der Waals surface area contributed by atoms with Crippen molar-refractivity contribution in [2.24, 2.45) is 11.3 Å². The summed E-state index contributed by atoms with van der Waals surface area (Å²) >= 11 is 11.6. The van der Waals surface area contributed by atoms with E-state index in [9.17, 15) is 14.9 Å². The zero-order valence-corrected chi connectivity index (χ0v) is 12.7. The van der Waals surface area contributed by atoms with Crippen molar-refractivity contribution in [1.29, 1.82) is 0 Å². The van der Waals surface area contributed by atoms with E-state index in [4.69, 9.17) is 23.2 Å². The Morgan fingerprint density at radius 2 is 2.05 bits per heavy atom. The smallest absolute Gasteiger partial charge is 0.290 e. The standard InChI is InChI=1S/C14H14Cl2N2O3/c15-10-5-8(6-11(12(10)16)18(20)21)13(19)17-7-14(3-4-14)9-1-2-9/h5-6,9H,1-4,7H2,(H,17,19). The van der Waals surface area contributed by atoms with Crippen LogP contribution in [0.3, 0.4) is 0 Å². The van der Waals surface area contributed by atoms with Gasteiger partial charge >= 0.3 is 0 Å². The van der Waals surface area contributed by atoms with Gasteiger partial charge in [0.2, 0.25) is 0 Å². The number of carbonyl (C=O) groups is 1. The van der Waals surface area contributed by atoms with Crippen LogP contribution in [0.1, 0.15) is 36.0 Å². The van der Waals surface area contributed by atoms with E-state index < -0.39 is 4.92 Å².